The lowest BCUT2D eigenvalue weighted by atomic mass is 9.97. The van der Waals surface area contributed by atoms with Crippen LogP contribution in [0.3, 0.4) is 0 Å². The molecule has 2 aromatic rings. The molecule has 0 heterocycles. The number of anilines is 1. The third-order valence-electron chi connectivity index (χ3n) is 5.69. The van der Waals surface area contributed by atoms with Crippen LogP contribution in [0.2, 0.25) is 0 Å². The highest BCUT2D eigenvalue weighted by Gasteiger charge is 2.21. The standard InChI is InChI=1S/C23H30N2O3S/c1-25(29(27,28)22-14-7-4-8-15-22)21-13-9-12-20(18-21)23(26)24-17-16-19-10-5-2-3-6-11-19/h4,7-9,12-15,18-19H,2-3,5-6,10-11,16-17H2,1H3,(H,24,26). The fraction of sp³-hybridized carbons (Fsp3) is 0.435. The molecule has 0 radical (unpaired) electrons. The molecule has 2 aromatic carbocycles. The zero-order chi connectivity index (χ0) is 20.7. The molecule has 0 spiro atoms. The van der Waals surface area contributed by atoms with Crippen LogP contribution in [-0.4, -0.2) is 27.9 Å². The number of nitrogens with zero attached hydrogens (tertiary/aromatic N) is 1. The third kappa shape index (κ3) is 5.60. The van der Waals surface area contributed by atoms with Crippen LogP contribution in [0.1, 0.15) is 55.3 Å². The second-order valence-electron chi connectivity index (χ2n) is 7.74. The van der Waals surface area contributed by atoms with Crippen molar-refractivity contribution in [1.29, 1.82) is 0 Å². The summed E-state index contributed by atoms with van der Waals surface area (Å²) >= 11 is 0. The Hall–Kier alpha value is -2.34. The maximum Gasteiger partial charge on any atom is 0.264 e. The van der Waals surface area contributed by atoms with Crippen LogP contribution in [0.25, 0.3) is 0 Å². The quantitative estimate of drug-likeness (QED) is 0.673. The van der Waals surface area contributed by atoms with Crippen molar-refractivity contribution in [3.8, 4) is 0 Å². The highest BCUT2D eigenvalue weighted by atomic mass is 32.2. The molecule has 0 aliphatic heterocycles. The Bertz CT molecular complexity index is 905. The highest BCUT2D eigenvalue weighted by molar-refractivity contribution is 7.92. The molecule has 1 amide bonds. The van der Waals surface area contributed by atoms with Crippen molar-refractivity contribution in [2.24, 2.45) is 5.92 Å². The summed E-state index contributed by atoms with van der Waals surface area (Å²) in [6.07, 6.45) is 8.77. The Morgan fingerprint density at radius 3 is 2.38 bits per heavy atom. The van der Waals surface area contributed by atoms with E-state index in [0.29, 0.717) is 23.7 Å². The summed E-state index contributed by atoms with van der Waals surface area (Å²) in [4.78, 5) is 12.8. The largest absolute Gasteiger partial charge is 0.352 e. The van der Waals surface area contributed by atoms with Crippen molar-refractivity contribution in [3.63, 3.8) is 0 Å². The molecule has 0 unspecified atom stereocenters. The van der Waals surface area contributed by atoms with Crippen molar-refractivity contribution < 1.29 is 13.2 Å². The number of hydrogen-bond acceptors (Lipinski definition) is 3. The second-order valence-corrected chi connectivity index (χ2v) is 9.71. The molecular formula is C23H30N2O3S. The van der Waals surface area contributed by atoms with Crippen molar-refractivity contribution >= 4 is 21.6 Å². The second kappa shape index (κ2) is 9.92. The Kier molecular flexibility index (Phi) is 7.31. The maximum absolute atomic E-state index is 12.8. The summed E-state index contributed by atoms with van der Waals surface area (Å²) in [6, 6.07) is 15.0. The van der Waals surface area contributed by atoms with Crippen LogP contribution in [0.15, 0.2) is 59.5 Å². The topological polar surface area (TPSA) is 66.5 Å². The Balaban J connectivity index is 1.63. The predicted molar refractivity (Wildman–Crippen MR) is 117 cm³/mol. The first-order valence-corrected chi connectivity index (χ1v) is 11.8. The van der Waals surface area contributed by atoms with Crippen molar-refractivity contribution in [3.05, 3.63) is 60.2 Å². The average molecular weight is 415 g/mol. The number of carbonyl (C=O) groups is 1. The van der Waals surface area contributed by atoms with Gasteiger partial charge >= 0.3 is 0 Å². The normalized spacial score (nSPS) is 15.5. The number of hydrogen-bond donors (Lipinski definition) is 1. The first-order chi connectivity index (χ1) is 14.0. The number of sulfonamides is 1. The lowest BCUT2D eigenvalue weighted by Crippen LogP contribution is -2.28. The van der Waals surface area contributed by atoms with Gasteiger partial charge in [0.15, 0.2) is 0 Å². The molecule has 0 aromatic heterocycles. The first-order valence-electron chi connectivity index (χ1n) is 10.4. The maximum atomic E-state index is 12.8. The van der Waals surface area contributed by atoms with Crippen LogP contribution < -0.4 is 9.62 Å². The zero-order valence-corrected chi connectivity index (χ0v) is 17.8. The minimum absolute atomic E-state index is 0.161. The van der Waals surface area contributed by atoms with Crippen molar-refractivity contribution in [1.82, 2.24) is 5.32 Å². The van der Waals surface area contributed by atoms with E-state index in [1.807, 2.05) is 0 Å². The average Bonchev–Trinajstić information content (AvgIpc) is 3.02. The molecule has 1 N–H and O–H groups in total. The number of benzene rings is 2. The lowest BCUT2D eigenvalue weighted by Gasteiger charge is -2.20. The van der Waals surface area contributed by atoms with Crippen molar-refractivity contribution in [2.75, 3.05) is 17.9 Å². The van der Waals surface area contributed by atoms with Crippen LogP contribution in [-0.2, 0) is 10.0 Å². The minimum atomic E-state index is -3.67. The van der Waals surface area contributed by atoms with Gasteiger partial charge in [-0.15, -0.1) is 0 Å². The van der Waals surface area contributed by atoms with Crippen LogP contribution in [0, 0.1) is 5.92 Å². The first kappa shape index (κ1) is 21.4. The lowest BCUT2D eigenvalue weighted by molar-refractivity contribution is 0.0951. The fourth-order valence-corrected chi connectivity index (χ4v) is 5.09. The monoisotopic (exact) mass is 414 g/mol. The van der Waals surface area contributed by atoms with E-state index in [1.165, 1.54) is 49.9 Å². The summed E-state index contributed by atoms with van der Waals surface area (Å²) in [7, 11) is -2.16. The Morgan fingerprint density at radius 1 is 1.00 bits per heavy atom. The molecule has 1 aliphatic carbocycles. The molecule has 5 nitrogen and oxygen atoms in total. The van der Waals surface area contributed by atoms with Gasteiger partial charge < -0.3 is 5.32 Å². The summed E-state index contributed by atoms with van der Waals surface area (Å²) in [5.74, 6) is 0.539. The SMILES string of the molecule is CN(c1cccc(C(=O)NCCC2CCCCCC2)c1)S(=O)(=O)c1ccccc1. The summed E-state index contributed by atoms with van der Waals surface area (Å²) < 4.78 is 26.8. The van der Waals surface area contributed by atoms with Gasteiger partial charge in [0.2, 0.25) is 0 Å². The van der Waals surface area contributed by atoms with Gasteiger partial charge in [0.05, 0.1) is 10.6 Å². The highest BCUT2D eigenvalue weighted by Crippen LogP contribution is 2.25. The molecule has 3 rings (SSSR count). The molecule has 6 heteroatoms. The number of nitrogens with one attached hydrogen (secondary N) is 1. The number of amides is 1. The Labute approximate surface area is 174 Å². The molecule has 1 fully saturated rings. The van der Waals surface area contributed by atoms with Crippen LogP contribution in [0.4, 0.5) is 5.69 Å². The molecule has 0 bridgehead atoms. The number of carbonyl (C=O) groups excluding carboxylic acids is 1. The van der Waals surface area contributed by atoms with E-state index in [2.05, 4.69) is 5.32 Å². The van der Waals surface area contributed by atoms with Gasteiger partial charge in [-0.1, -0.05) is 62.8 Å². The van der Waals surface area contributed by atoms with Gasteiger partial charge in [-0.25, -0.2) is 8.42 Å². The summed E-state index contributed by atoms with van der Waals surface area (Å²) in [6.45, 7) is 0.659. The van der Waals surface area contributed by atoms with Gasteiger partial charge in [-0.2, -0.15) is 0 Å². The molecule has 1 saturated carbocycles. The van der Waals surface area contributed by atoms with E-state index in [4.69, 9.17) is 0 Å². The molecule has 156 valence electrons. The molecule has 29 heavy (non-hydrogen) atoms. The van der Waals surface area contributed by atoms with Crippen LogP contribution >= 0.6 is 0 Å². The predicted octanol–water partition coefficient (Wildman–Crippen LogP) is 4.60. The molecule has 0 saturated heterocycles. The van der Waals surface area contributed by atoms with E-state index in [0.717, 1.165) is 6.42 Å². The van der Waals surface area contributed by atoms with E-state index in [1.54, 1.807) is 54.6 Å². The Morgan fingerprint density at radius 2 is 1.69 bits per heavy atom. The van der Waals surface area contributed by atoms with Gasteiger partial charge in [0, 0.05) is 19.2 Å². The van der Waals surface area contributed by atoms with Crippen molar-refractivity contribution in [2.45, 2.75) is 49.8 Å². The van der Waals surface area contributed by atoms with Gasteiger partial charge in [-0.05, 0) is 42.7 Å². The molecule has 0 atom stereocenters. The molecular weight excluding hydrogens is 384 g/mol. The van der Waals surface area contributed by atoms with E-state index < -0.39 is 10.0 Å². The third-order valence-corrected chi connectivity index (χ3v) is 7.49. The van der Waals surface area contributed by atoms with Crippen LogP contribution in [0.5, 0.6) is 0 Å². The van der Waals surface area contributed by atoms with Gasteiger partial charge in [0.1, 0.15) is 0 Å². The number of rotatable bonds is 7. The fourth-order valence-electron chi connectivity index (χ4n) is 3.88. The minimum Gasteiger partial charge on any atom is -0.352 e. The molecule has 1 aliphatic rings. The van der Waals surface area contributed by atoms with E-state index >= 15 is 0 Å². The smallest absolute Gasteiger partial charge is 0.264 e. The summed E-state index contributed by atoms with van der Waals surface area (Å²) in [5, 5.41) is 3.00. The van der Waals surface area contributed by atoms with E-state index in [9.17, 15) is 13.2 Å². The van der Waals surface area contributed by atoms with Gasteiger partial charge in [-0.3, -0.25) is 9.10 Å². The van der Waals surface area contributed by atoms with E-state index in [-0.39, 0.29) is 10.8 Å². The zero-order valence-electron chi connectivity index (χ0n) is 17.0. The van der Waals surface area contributed by atoms with Gasteiger partial charge in [0.25, 0.3) is 15.9 Å². The summed E-state index contributed by atoms with van der Waals surface area (Å²) in [5.41, 5.74) is 0.934.